The van der Waals surface area contributed by atoms with Crippen LogP contribution < -0.4 is 14.2 Å². The Balaban J connectivity index is 0.974. The van der Waals surface area contributed by atoms with Gasteiger partial charge in [-0.15, -0.1) is 0 Å². The molecule has 1 fully saturated rings. The summed E-state index contributed by atoms with van der Waals surface area (Å²) >= 11 is 0. The van der Waals surface area contributed by atoms with Crippen LogP contribution in [0.2, 0.25) is 38.3 Å². The van der Waals surface area contributed by atoms with Crippen LogP contribution in [0.4, 0.5) is 0 Å². The Morgan fingerprint density at radius 1 is 0.517 bits per heavy atom. The topological polar surface area (TPSA) is 73.8 Å². The van der Waals surface area contributed by atoms with Crippen LogP contribution in [0.5, 0.6) is 17.2 Å². The lowest BCUT2D eigenvalue weighted by atomic mass is 10.0. The van der Waals surface area contributed by atoms with E-state index in [1.165, 1.54) is 27.8 Å². The number of aryl methyl sites for hydroxylation is 1. The van der Waals surface area contributed by atoms with Crippen molar-refractivity contribution < 1.29 is 35.4 Å². The molecule has 4 atom stereocenters. The standard InChI is InChI=1S/C46H64O8Si4/c1-7-30-48-44-24-18-41(19-25-44)37-40-16-14-39(15-17-40)13-9-10-32-47-33-11-35-57(5)52-55(3)51-56(4)53-58(6,54-57)36-12-34-50-46-28-22-43(23-29-46)38-42-20-26-45(27-21-42)49-31-8-2/h7-8,14-29,55-56H,1-2,9-13,30-38H2,3-6H3. The molecule has 4 unspecified atom stereocenters. The van der Waals surface area contributed by atoms with Gasteiger partial charge in [-0.1, -0.05) is 86.0 Å². The lowest BCUT2D eigenvalue weighted by Crippen LogP contribution is -2.59. The van der Waals surface area contributed by atoms with Crippen molar-refractivity contribution in [3.63, 3.8) is 0 Å². The summed E-state index contributed by atoms with van der Waals surface area (Å²) in [6, 6.07) is 35.6. The smallest absolute Gasteiger partial charge is 0.317 e. The molecule has 0 radical (unpaired) electrons. The highest BCUT2D eigenvalue weighted by Gasteiger charge is 2.46. The van der Waals surface area contributed by atoms with Crippen LogP contribution in [0.15, 0.2) is 122 Å². The Hall–Kier alpha value is -3.57. The Kier molecular flexibility index (Phi) is 18.7. The number of rotatable bonds is 24. The number of unbranched alkanes of at least 4 members (excludes halogenated alkanes) is 1. The third kappa shape index (κ3) is 16.2. The molecule has 1 aliphatic heterocycles. The molecular weight excluding hydrogens is 793 g/mol. The first kappa shape index (κ1) is 45.5. The lowest BCUT2D eigenvalue weighted by Gasteiger charge is -2.42. The highest BCUT2D eigenvalue weighted by Crippen LogP contribution is 2.30. The molecule has 4 aromatic rings. The number of hydrogen-bond donors (Lipinski definition) is 0. The van der Waals surface area contributed by atoms with Gasteiger partial charge in [0.1, 0.15) is 30.5 Å². The van der Waals surface area contributed by atoms with Crippen LogP contribution in [0, 0.1) is 0 Å². The lowest BCUT2D eigenvalue weighted by molar-refractivity contribution is 0.129. The summed E-state index contributed by atoms with van der Waals surface area (Å²) in [5.74, 6) is 2.60. The van der Waals surface area contributed by atoms with E-state index in [1.54, 1.807) is 12.2 Å². The maximum atomic E-state index is 7.00. The fourth-order valence-electron chi connectivity index (χ4n) is 7.18. The van der Waals surface area contributed by atoms with Gasteiger partial charge < -0.3 is 35.4 Å². The van der Waals surface area contributed by atoms with Crippen molar-refractivity contribution in [2.45, 2.75) is 83.2 Å². The van der Waals surface area contributed by atoms with Gasteiger partial charge in [-0.2, -0.15) is 0 Å². The molecule has 1 saturated heterocycles. The first-order valence-electron chi connectivity index (χ1n) is 20.9. The molecule has 0 aromatic heterocycles. The molecule has 0 amide bonds. The fourth-order valence-corrected chi connectivity index (χ4v) is 24.6. The van der Waals surface area contributed by atoms with E-state index in [-0.39, 0.29) is 0 Å². The van der Waals surface area contributed by atoms with E-state index >= 15 is 0 Å². The molecule has 4 aromatic carbocycles. The Bertz CT molecular complexity index is 1790. The highest BCUT2D eigenvalue weighted by atomic mass is 28.5. The SMILES string of the molecule is C=CCOc1ccc(Cc2ccc(CCCCOCCC[Si]3(C)O[SiH](C)O[SiH](C)O[Si](C)(CCCOc4ccc(Cc5ccc(OCC=C)cc5)cc4)O3)cc2)cc1. The predicted molar refractivity (Wildman–Crippen MR) is 244 cm³/mol. The number of ether oxygens (including phenoxy) is 4. The maximum Gasteiger partial charge on any atom is 0.317 e. The number of hydrogen-bond acceptors (Lipinski definition) is 8. The van der Waals surface area contributed by atoms with Crippen LogP contribution in [0.25, 0.3) is 0 Å². The third-order valence-corrected chi connectivity index (χ3v) is 25.6. The van der Waals surface area contributed by atoms with Gasteiger partial charge in [-0.05, 0) is 147 Å². The van der Waals surface area contributed by atoms with E-state index in [2.05, 4.69) is 112 Å². The summed E-state index contributed by atoms with van der Waals surface area (Å²) in [5.41, 5.74) is 6.42. The van der Waals surface area contributed by atoms with Crippen molar-refractivity contribution in [2.24, 2.45) is 0 Å². The zero-order chi connectivity index (χ0) is 41.1. The van der Waals surface area contributed by atoms with Crippen LogP contribution in [0.3, 0.4) is 0 Å². The number of benzene rings is 4. The maximum absolute atomic E-state index is 7.00. The minimum absolute atomic E-state index is 0.510. The highest BCUT2D eigenvalue weighted by molar-refractivity contribution is 6.86. The van der Waals surface area contributed by atoms with E-state index in [0.29, 0.717) is 26.4 Å². The first-order valence-corrected chi connectivity index (χ1v) is 30.1. The summed E-state index contributed by atoms with van der Waals surface area (Å²) in [6.07, 6.45) is 10.2. The largest absolute Gasteiger partial charge is 0.494 e. The quantitative estimate of drug-likeness (QED) is 0.0392. The van der Waals surface area contributed by atoms with Crippen LogP contribution in [0.1, 0.15) is 53.5 Å². The van der Waals surface area contributed by atoms with Crippen LogP contribution in [-0.2, 0) is 40.5 Å². The second-order valence-corrected chi connectivity index (χ2v) is 26.9. The van der Waals surface area contributed by atoms with Crippen molar-refractivity contribution in [1.82, 2.24) is 0 Å². The van der Waals surface area contributed by atoms with Crippen molar-refractivity contribution in [3.8, 4) is 17.2 Å². The van der Waals surface area contributed by atoms with E-state index in [4.69, 9.17) is 35.4 Å². The monoisotopic (exact) mass is 856 g/mol. The summed E-state index contributed by atoms with van der Waals surface area (Å²) in [4.78, 5) is 0. The van der Waals surface area contributed by atoms with Gasteiger partial charge in [0.05, 0.1) is 6.61 Å². The first-order chi connectivity index (χ1) is 28.1. The van der Waals surface area contributed by atoms with E-state index in [0.717, 1.165) is 80.9 Å². The molecular formula is C46H64O8Si4. The second-order valence-electron chi connectivity index (χ2n) is 15.3. The van der Waals surface area contributed by atoms with Gasteiger partial charge in [-0.25, -0.2) is 0 Å². The zero-order valence-corrected chi connectivity index (χ0v) is 39.4. The van der Waals surface area contributed by atoms with Crippen LogP contribution in [-0.4, -0.2) is 68.7 Å². The Labute approximate surface area is 353 Å². The summed E-state index contributed by atoms with van der Waals surface area (Å²) < 4.78 is 50.1. The van der Waals surface area contributed by atoms with Gasteiger partial charge in [0, 0.05) is 13.2 Å². The van der Waals surface area contributed by atoms with Gasteiger partial charge in [-0.3, -0.25) is 0 Å². The van der Waals surface area contributed by atoms with Gasteiger partial charge in [0.15, 0.2) is 0 Å². The molecule has 1 heterocycles. The molecule has 0 saturated carbocycles. The summed E-state index contributed by atoms with van der Waals surface area (Å²) in [6.45, 7) is 19.1. The average Bonchev–Trinajstić information content (AvgIpc) is 3.20. The minimum Gasteiger partial charge on any atom is -0.494 e. The molecule has 12 heteroatoms. The van der Waals surface area contributed by atoms with Crippen molar-refractivity contribution in [2.75, 3.05) is 33.0 Å². The predicted octanol–water partition coefficient (Wildman–Crippen LogP) is 10.1. The second kappa shape index (κ2) is 23.9. The van der Waals surface area contributed by atoms with E-state index in [1.807, 2.05) is 24.3 Å². The zero-order valence-electron chi connectivity index (χ0n) is 35.1. The van der Waals surface area contributed by atoms with Crippen molar-refractivity contribution >= 4 is 35.7 Å². The molecule has 8 nitrogen and oxygen atoms in total. The summed E-state index contributed by atoms with van der Waals surface area (Å²) in [7, 11) is -8.75. The molecule has 0 aliphatic carbocycles. The fraction of sp³-hybridized carbons (Fsp3) is 0.391. The van der Waals surface area contributed by atoms with Gasteiger partial charge in [0.2, 0.25) is 0 Å². The summed E-state index contributed by atoms with van der Waals surface area (Å²) in [5, 5.41) is 0. The Morgan fingerprint density at radius 2 is 0.914 bits per heavy atom. The molecule has 1 aliphatic rings. The third-order valence-electron chi connectivity index (χ3n) is 9.96. The molecule has 5 rings (SSSR count). The van der Waals surface area contributed by atoms with Crippen LogP contribution >= 0.6 is 0 Å². The van der Waals surface area contributed by atoms with Gasteiger partial charge >= 0.3 is 17.1 Å². The minimum atomic E-state index is -2.54. The van der Waals surface area contributed by atoms with Gasteiger partial charge in [0.25, 0.3) is 18.6 Å². The molecule has 0 spiro atoms. The molecule has 0 bridgehead atoms. The molecule has 58 heavy (non-hydrogen) atoms. The van der Waals surface area contributed by atoms with Crippen molar-refractivity contribution in [3.05, 3.63) is 150 Å². The normalized spacial score (nSPS) is 20.8. The van der Waals surface area contributed by atoms with E-state index < -0.39 is 35.7 Å². The Morgan fingerprint density at radius 3 is 1.38 bits per heavy atom. The molecule has 0 N–H and O–H groups in total. The molecule has 312 valence electrons. The van der Waals surface area contributed by atoms with Crippen molar-refractivity contribution in [1.29, 1.82) is 0 Å². The average molecular weight is 857 g/mol. The van der Waals surface area contributed by atoms with E-state index in [9.17, 15) is 0 Å².